The molecule has 0 spiro atoms. The highest BCUT2D eigenvalue weighted by Gasteiger charge is 2.14. The fourth-order valence-corrected chi connectivity index (χ4v) is 3.73. The Morgan fingerprint density at radius 3 is 2.70 bits per heavy atom. The van der Waals surface area contributed by atoms with Gasteiger partial charge in [-0.3, -0.25) is 9.36 Å². The first-order chi connectivity index (χ1) is 13.1. The number of nitrogens with zero attached hydrogens (tertiary/aromatic N) is 2. The number of fused-ring (bicyclic) bond motifs is 1. The number of aryl methyl sites for hydroxylation is 1. The summed E-state index contributed by atoms with van der Waals surface area (Å²) in [4.78, 5) is 17.4. The summed E-state index contributed by atoms with van der Waals surface area (Å²) in [6.45, 7) is 4.80. The summed E-state index contributed by atoms with van der Waals surface area (Å²) < 4.78 is 7.40. The summed E-state index contributed by atoms with van der Waals surface area (Å²) in [5.41, 5.74) is 1.68. The van der Waals surface area contributed by atoms with E-state index in [1.54, 1.807) is 10.6 Å². The SMILES string of the molecule is CCCn1c(SC[C@H](O)COc2ccccc2C)nc2ccccc2c1=O. The molecule has 0 aliphatic heterocycles. The van der Waals surface area contributed by atoms with Gasteiger partial charge in [-0.05, 0) is 37.1 Å². The van der Waals surface area contributed by atoms with Crippen molar-refractivity contribution in [3.8, 4) is 5.75 Å². The molecule has 1 N–H and O–H groups in total. The molecule has 0 bridgehead atoms. The predicted octanol–water partition coefficient (Wildman–Crippen LogP) is 3.65. The van der Waals surface area contributed by atoms with Crippen molar-refractivity contribution in [3.63, 3.8) is 0 Å². The first-order valence-corrected chi connectivity index (χ1v) is 10.1. The number of aliphatic hydroxyl groups is 1. The molecule has 0 unspecified atom stereocenters. The Morgan fingerprint density at radius 1 is 1.19 bits per heavy atom. The molecule has 3 aromatic rings. The zero-order valence-corrected chi connectivity index (χ0v) is 16.4. The van der Waals surface area contributed by atoms with Gasteiger partial charge in [0, 0.05) is 12.3 Å². The number of aliphatic hydroxyl groups excluding tert-OH is 1. The molecule has 0 aliphatic carbocycles. The van der Waals surface area contributed by atoms with Crippen LogP contribution in [0.25, 0.3) is 10.9 Å². The van der Waals surface area contributed by atoms with Crippen LogP contribution in [-0.2, 0) is 6.54 Å². The van der Waals surface area contributed by atoms with Crippen molar-refractivity contribution in [2.45, 2.75) is 38.1 Å². The van der Waals surface area contributed by atoms with Crippen LogP contribution in [0.4, 0.5) is 0 Å². The molecule has 0 saturated heterocycles. The predicted molar refractivity (Wildman–Crippen MR) is 110 cm³/mol. The number of benzene rings is 2. The van der Waals surface area contributed by atoms with Gasteiger partial charge in [0.2, 0.25) is 0 Å². The molecule has 1 atom stereocenters. The number of thioether (sulfide) groups is 1. The van der Waals surface area contributed by atoms with Gasteiger partial charge in [-0.15, -0.1) is 0 Å². The Kier molecular flexibility index (Phi) is 6.53. The molecule has 3 rings (SSSR count). The van der Waals surface area contributed by atoms with Gasteiger partial charge < -0.3 is 9.84 Å². The number of para-hydroxylation sites is 2. The van der Waals surface area contributed by atoms with Crippen LogP contribution in [0.2, 0.25) is 0 Å². The van der Waals surface area contributed by atoms with E-state index in [2.05, 4.69) is 4.98 Å². The number of ether oxygens (including phenoxy) is 1. The maximum Gasteiger partial charge on any atom is 0.262 e. The quantitative estimate of drug-likeness (QED) is 0.474. The van der Waals surface area contributed by atoms with Crippen molar-refractivity contribution in [1.29, 1.82) is 0 Å². The highest BCUT2D eigenvalue weighted by atomic mass is 32.2. The lowest BCUT2D eigenvalue weighted by Gasteiger charge is -2.15. The standard InChI is InChI=1S/C21H24N2O3S/c1-3-12-23-20(25)17-9-5-6-10-18(17)22-21(23)27-14-16(24)13-26-19-11-7-4-8-15(19)2/h4-11,16,24H,3,12-14H2,1-2H3/t16-/m1/s1. The molecule has 0 fully saturated rings. The van der Waals surface area contributed by atoms with Gasteiger partial charge in [0.05, 0.1) is 17.0 Å². The van der Waals surface area contributed by atoms with Crippen molar-refractivity contribution >= 4 is 22.7 Å². The molecule has 142 valence electrons. The van der Waals surface area contributed by atoms with Crippen LogP contribution in [0, 0.1) is 6.92 Å². The number of aromatic nitrogens is 2. The summed E-state index contributed by atoms with van der Waals surface area (Å²) in [6.07, 6.45) is 0.181. The first-order valence-electron chi connectivity index (χ1n) is 9.09. The van der Waals surface area contributed by atoms with Crippen molar-refractivity contribution < 1.29 is 9.84 Å². The maximum atomic E-state index is 12.8. The third kappa shape index (κ3) is 4.70. The molecule has 6 heteroatoms. The van der Waals surface area contributed by atoms with E-state index in [4.69, 9.17) is 4.74 Å². The van der Waals surface area contributed by atoms with Crippen molar-refractivity contribution in [2.75, 3.05) is 12.4 Å². The summed E-state index contributed by atoms with van der Waals surface area (Å²) in [5.74, 6) is 1.17. The highest BCUT2D eigenvalue weighted by Crippen LogP contribution is 2.20. The molecular weight excluding hydrogens is 360 g/mol. The third-order valence-corrected chi connectivity index (χ3v) is 5.32. The Balaban J connectivity index is 1.71. The van der Waals surface area contributed by atoms with E-state index in [0.29, 0.717) is 28.4 Å². The molecule has 1 heterocycles. The summed E-state index contributed by atoms with van der Waals surface area (Å²) in [7, 11) is 0. The van der Waals surface area contributed by atoms with Gasteiger partial charge in [-0.2, -0.15) is 0 Å². The molecule has 0 aliphatic rings. The Hall–Kier alpha value is -2.31. The van der Waals surface area contributed by atoms with Gasteiger partial charge in [0.15, 0.2) is 5.16 Å². The fourth-order valence-electron chi connectivity index (χ4n) is 2.80. The van der Waals surface area contributed by atoms with Gasteiger partial charge in [-0.1, -0.05) is 49.0 Å². The van der Waals surface area contributed by atoms with Crippen molar-refractivity contribution in [1.82, 2.24) is 9.55 Å². The van der Waals surface area contributed by atoms with Crippen molar-refractivity contribution in [2.24, 2.45) is 0 Å². The average Bonchev–Trinajstić information content (AvgIpc) is 2.68. The Morgan fingerprint density at radius 2 is 1.93 bits per heavy atom. The van der Waals surface area contributed by atoms with Gasteiger partial charge in [0.25, 0.3) is 5.56 Å². The van der Waals surface area contributed by atoms with E-state index in [9.17, 15) is 9.90 Å². The summed E-state index contributed by atoms with van der Waals surface area (Å²) in [6, 6.07) is 15.1. The van der Waals surface area contributed by atoms with Gasteiger partial charge >= 0.3 is 0 Å². The Bertz CT molecular complexity index is 971. The lowest BCUT2D eigenvalue weighted by Crippen LogP contribution is -2.25. The van der Waals surface area contributed by atoms with E-state index in [0.717, 1.165) is 17.7 Å². The lowest BCUT2D eigenvalue weighted by molar-refractivity contribution is 0.126. The molecule has 2 aromatic carbocycles. The van der Waals surface area contributed by atoms with Gasteiger partial charge in [0.1, 0.15) is 12.4 Å². The minimum absolute atomic E-state index is 0.0319. The second-order valence-corrected chi connectivity index (χ2v) is 7.40. The van der Waals surface area contributed by atoms with Gasteiger partial charge in [-0.25, -0.2) is 4.98 Å². The van der Waals surface area contributed by atoms with Crippen LogP contribution in [0.3, 0.4) is 0 Å². The molecule has 0 saturated carbocycles. The first kappa shape index (κ1) is 19.5. The third-order valence-electron chi connectivity index (χ3n) is 4.20. The van der Waals surface area contributed by atoms with Crippen LogP contribution in [0.5, 0.6) is 5.75 Å². The van der Waals surface area contributed by atoms with E-state index < -0.39 is 6.10 Å². The van der Waals surface area contributed by atoms with Crippen LogP contribution in [0.1, 0.15) is 18.9 Å². The smallest absolute Gasteiger partial charge is 0.262 e. The van der Waals surface area contributed by atoms with Crippen LogP contribution in [0.15, 0.2) is 58.5 Å². The number of hydrogen-bond donors (Lipinski definition) is 1. The number of hydrogen-bond acceptors (Lipinski definition) is 5. The minimum atomic E-state index is -0.659. The van der Waals surface area contributed by atoms with Crippen LogP contribution in [-0.4, -0.2) is 33.1 Å². The van der Waals surface area contributed by atoms with E-state index in [-0.39, 0.29) is 12.2 Å². The second kappa shape index (κ2) is 9.06. The largest absolute Gasteiger partial charge is 0.491 e. The molecule has 1 aromatic heterocycles. The van der Waals surface area contributed by atoms with E-state index in [1.165, 1.54) is 11.8 Å². The molecule has 5 nitrogen and oxygen atoms in total. The second-order valence-electron chi connectivity index (χ2n) is 6.41. The average molecular weight is 385 g/mol. The zero-order valence-electron chi connectivity index (χ0n) is 15.6. The summed E-state index contributed by atoms with van der Waals surface area (Å²) >= 11 is 1.39. The number of rotatable bonds is 8. The van der Waals surface area contributed by atoms with E-state index in [1.807, 2.05) is 56.3 Å². The minimum Gasteiger partial charge on any atom is -0.491 e. The molecule has 0 amide bonds. The van der Waals surface area contributed by atoms with E-state index >= 15 is 0 Å². The lowest BCUT2D eigenvalue weighted by atomic mass is 10.2. The normalized spacial score (nSPS) is 12.3. The van der Waals surface area contributed by atoms with Crippen molar-refractivity contribution in [3.05, 3.63) is 64.4 Å². The molecular formula is C21H24N2O3S. The fraction of sp³-hybridized carbons (Fsp3) is 0.333. The zero-order chi connectivity index (χ0) is 19.2. The Labute approximate surface area is 163 Å². The summed E-state index contributed by atoms with van der Waals surface area (Å²) in [5, 5.41) is 11.6. The maximum absolute atomic E-state index is 12.8. The topological polar surface area (TPSA) is 64.3 Å². The molecule has 27 heavy (non-hydrogen) atoms. The molecule has 0 radical (unpaired) electrons. The monoisotopic (exact) mass is 384 g/mol. The van der Waals surface area contributed by atoms with Crippen LogP contribution >= 0.6 is 11.8 Å². The highest BCUT2D eigenvalue weighted by molar-refractivity contribution is 7.99. The van der Waals surface area contributed by atoms with Crippen LogP contribution < -0.4 is 10.3 Å².